The molecular weight excluding hydrogens is 349 g/mol. The first-order chi connectivity index (χ1) is 13.0. The van der Waals surface area contributed by atoms with Crippen molar-refractivity contribution < 1.29 is 24.3 Å². The van der Waals surface area contributed by atoms with E-state index in [4.69, 9.17) is 14.5 Å². The number of carbonyl (C=O) groups excluding carboxylic acids is 1. The molecular formula is C18H22BN3O5. The minimum atomic E-state index is -0.950. The molecule has 27 heavy (non-hydrogen) atoms. The summed E-state index contributed by atoms with van der Waals surface area (Å²) in [6.07, 6.45) is 4.04. The summed E-state index contributed by atoms with van der Waals surface area (Å²) in [6.45, 7) is 4.18. The normalized spacial score (nSPS) is 14.0. The van der Waals surface area contributed by atoms with Crippen LogP contribution in [0.4, 0.5) is 0 Å². The van der Waals surface area contributed by atoms with Gasteiger partial charge < -0.3 is 24.8 Å². The molecule has 0 aliphatic carbocycles. The van der Waals surface area contributed by atoms with Crippen molar-refractivity contribution in [1.29, 1.82) is 0 Å². The van der Waals surface area contributed by atoms with Crippen molar-refractivity contribution in [3.05, 3.63) is 41.3 Å². The van der Waals surface area contributed by atoms with Gasteiger partial charge in [-0.15, -0.1) is 0 Å². The topological polar surface area (TPSA) is 114 Å². The molecule has 2 aromatic rings. The Labute approximate surface area is 157 Å². The Morgan fingerprint density at radius 1 is 1.41 bits per heavy atom. The fourth-order valence-corrected chi connectivity index (χ4v) is 2.96. The summed E-state index contributed by atoms with van der Waals surface area (Å²) in [6, 6.07) is 3.57. The van der Waals surface area contributed by atoms with Gasteiger partial charge in [-0.25, -0.2) is 9.97 Å². The summed E-state index contributed by atoms with van der Waals surface area (Å²) < 4.78 is 11.0. The fraction of sp³-hybridized carbons (Fsp3) is 0.389. The average Bonchev–Trinajstić information content (AvgIpc) is 3.04. The average molecular weight is 371 g/mol. The number of benzene rings is 1. The van der Waals surface area contributed by atoms with Crippen molar-refractivity contribution in [1.82, 2.24) is 15.3 Å². The highest BCUT2D eigenvalue weighted by atomic mass is 16.5. The van der Waals surface area contributed by atoms with Gasteiger partial charge in [-0.3, -0.25) is 4.79 Å². The summed E-state index contributed by atoms with van der Waals surface area (Å²) in [4.78, 5) is 20.4. The van der Waals surface area contributed by atoms with E-state index in [1.165, 1.54) is 12.4 Å². The molecule has 1 aliphatic rings. The Morgan fingerprint density at radius 3 is 2.93 bits per heavy atom. The maximum Gasteiger partial charge on any atom is 0.492 e. The SMILES string of the molecule is Cc1c(Oc2cnc(C(=O)N[C@@H](C)CCCO)cn2)ccc2c1B(O)OC2. The van der Waals surface area contributed by atoms with Gasteiger partial charge in [0.2, 0.25) is 5.88 Å². The number of carbonyl (C=O) groups is 1. The lowest BCUT2D eigenvalue weighted by Gasteiger charge is -2.13. The molecule has 1 aliphatic heterocycles. The Hall–Kier alpha value is -2.49. The lowest BCUT2D eigenvalue weighted by atomic mass is 9.76. The minimum absolute atomic E-state index is 0.0647. The van der Waals surface area contributed by atoms with Gasteiger partial charge in [0.25, 0.3) is 5.91 Å². The van der Waals surface area contributed by atoms with Gasteiger partial charge in [0.05, 0.1) is 19.0 Å². The maximum atomic E-state index is 12.1. The number of amides is 1. The van der Waals surface area contributed by atoms with Crippen LogP contribution in [0.2, 0.25) is 0 Å². The molecule has 2 heterocycles. The summed E-state index contributed by atoms with van der Waals surface area (Å²) in [5.41, 5.74) is 2.61. The van der Waals surface area contributed by atoms with E-state index in [1.807, 2.05) is 19.9 Å². The van der Waals surface area contributed by atoms with Gasteiger partial charge in [0, 0.05) is 12.6 Å². The number of ether oxygens (including phenoxy) is 1. The molecule has 8 nitrogen and oxygen atoms in total. The maximum absolute atomic E-state index is 12.1. The number of aliphatic hydroxyl groups is 1. The van der Waals surface area contributed by atoms with E-state index in [1.54, 1.807) is 6.07 Å². The van der Waals surface area contributed by atoms with E-state index in [2.05, 4.69) is 15.3 Å². The lowest BCUT2D eigenvalue weighted by molar-refractivity contribution is 0.0931. The second-order valence-corrected chi connectivity index (χ2v) is 6.51. The number of nitrogens with one attached hydrogen (secondary N) is 1. The molecule has 9 heteroatoms. The monoisotopic (exact) mass is 371 g/mol. The Kier molecular flexibility index (Phi) is 6.05. The van der Waals surface area contributed by atoms with Crippen LogP contribution in [0.25, 0.3) is 0 Å². The molecule has 0 radical (unpaired) electrons. The van der Waals surface area contributed by atoms with E-state index in [9.17, 15) is 9.82 Å². The van der Waals surface area contributed by atoms with Crippen LogP contribution in [-0.4, -0.2) is 45.8 Å². The van der Waals surface area contributed by atoms with Crippen molar-refractivity contribution in [2.45, 2.75) is 39.3 Å². The van der Waals surface area contributed by atoms with E-state index < -0.39 is 7.12 Å². The quantitative estimate of drug-likeness (QED) is 0.614. The van der Waals surface area contributed by atoms with Crippen molar-refractivity contribution in [3.63, 3.8) is 0 Å². The predicted octanol–water partition coefficient (Wildman–Crippen LogP) is 0.686. The third kappa shape index (κ3) is 4.44. The standard InChI is InChI=1S/C18H22BN3O5/c1-11(4-3-7-23)22-18(24)14-8-21-16(9-20-14)27-15-6-5-13-10-26-19(25)17(13)12(15)2/h5-6,8-9,11,23,25H,3-4,7,10H2,1-2H3,(H,22,24)/t11-/m0/s1. The van der Waals surface area contributed by atoms with E-state index >= 15 is 0 Å². The predicted molar refractivity (Wildman–Crippen MR) is 98.9 cm³/mol. The third-order valence-corrected chi connectivity index (χ3v) is 4.45. The molecule has 0 bridgehead atoms. The van der Waals surface area contributed by atoms with Gasteiger partial charge in [-0.2, -0.15) is 0 Å². The largest absolute Gasteiger partial charge is 0.492 e. The van der Waals surface area contributed by atoms with Gasteiger partial charge in [-0.1, -0.05) is 6.07 Å². The van der Waals surface area contributed by atoms with Gasteiger partial charge >= 0.3 is 7.12 Å². The van der Waals surface area contributed by atoms with Crippen molar-refractivity contribution in [3.8, 4) is 11.6 Å². The highest BCUT2D eigenvalue weighted by Gasteiger charge is 2.30. The molecule has 0 saturated heterocycles. The molecule has 1 aromatic carbocycles. The first kappa shape index (κ1) is 19.3. The van der Waals surface area contributed by atoms with Crippen LogP contribution in [0.5, 0.6) is 11.6 Å². The van der Waals surface area contributed by atoms with E-state index in [0.29, 0.717) is 30.7 Å². The van der Waals surface area contributed by atoms with Gasteiger partial charge in [-0.05, 0) is 49.3 Å². The number of aliphatic hydroxyl groups excluding tert-OH is 1. The molecule has 1 atom stereocenters. The van der Waals surface area contributed by atoms with Crippen LogP contribution < -0.4 is 15.5 Å². The van der Waals surface area contributed by atoms with Crippen molar-refractivity contribution in [2.24, 2.45) is 0 Å². The van der Waals surface area contributed by atoms with Crippen LogP contribution in [0.1, 0.15) is 41.4 Å². The van der Waals surface area contributed by atoms with Crippen molar-refractivity contribution in [2.75, 3.05) is 6.61 Å². The Bertz CT molecular complexity index is 815. The van der Waals surface area contributed by atoms with Crippen LogP contribution >= 0.6 is 0 Å². The minimum Gasteiger partial charge on any atom is -0.437 e. The number of aromatic nitrogens is 2. The second kappa shape index (κ2) is 8.47. The number of hydrogen-bond acceptors (Lipinski definition) is 7. The molecule has 142 valence electrons. The van der Waals surface area contributed by atoms with Crippen LogP contribution in [0.15, 0.2) is 24.5 Å². The highest BCUT2D eigenvalue weighted by Crippen LogP contribution is 2.25. The van der Waals surface area contributed by atoms with Crippen LogP contribution in [0, 0.1) is 6.92 Å². The molecule has 0 saturated carbocycles. The molecule has 1 aromatic heterocycles. The summed E-state index contributed by atoms with van der Waals surface area (Å²) in [5, 5.41) is 21.6. The number of hydrogen-bond donors (Lipinski definition) is 3. The number of nitrogens with zero attached hydrogens (tertiary/aromatic N) is 2. The summed E-state index contributed by atoms with van der Waals surface area (Å²) in [5.74, 6) is 0.465. The lowest BCUT2D eigenvalue weighted by Crippen LogP contribution is -2.33. The van der Waals surface area contributed by atoms with Crippen LogP contribution in [0.3, 0.4) is 0 Å². The highest BCUT2D eigenvalue weighted by molar-refractivity contribution is 6.62. The molecule has 0 spiro atoms. The summed E-state index contributed by atoms with van der Waals surface area (Å²) in [7, 11) is -0.950. The number of fused-ring (bicyclic) bond motifs is 1. The second-order valence-electron chi connectivity index (χ2n) is 6.51. The Balaban J connectivity index is 1.66. The summed E-state index contributed by atoms with van der Waals surface area (Å²) >= 11 is 0. The first-order valence-corrected chi connectivity index (χ1v) is 8.83. The molecule has 3 rings (SSSR count). The van der Waals surface area contributed by atoms with Crippen molar-refractivity contribution >= 4 is 18.5 Å². The van der Waals surface area contributed by atoms with E-state index in [0.717, 1.165) is 11.1 Å². The Morgan fingerprint density at radius 2 is 2.22 bits per heavy atom. The third-order valence-electron chi connectivity index (χ3n) is 4.45. The zero-order valence-electron chi connectivity index (χ0n) is 15.3. The zero-order valence-corrected chi connectivity index (χ0v) is 15.3. The fourth-order valence-electron chi connectivity index (χ4n) is 2.96. The van der Waals surface area contributed by atoms with E-state index in [-0.39, 0.29) is 30.1 Å². The molecule has 0 unspecified atom stereocenters. The molecule has 1 amide bonds. The molecule has 0 fully saturated rings. The smallest absolute Gasteiger partial charge is 0.437 e. The number of rotatable bonds is 7. The molecule has 3 N–H and O–H groups in total. The van der Waals surface area contributed by atoms with Crippen LogP contribution in [-0.2, 0) is 11.3 Å². The van der Waals surface area contributed by atoms with Gasteiger partial charge in [0.1, 0.15) is 11.4 Å². The zero-order chi connectivity index (χ0) is 19.4. The first-order valence-electron chi connectivity index (χ1n) is 8.83. The van der Waals surface area contributed by atoms with Gasteiger partial charge in [0.15, 0.2) is 0 Å².